The number of allylic oxidation sites excluding steroid dienone is 2. The number of benzene rings is 1. The van der Waals surface area contributed by atoms with Crippen LogP contribution < -0.4 is 5.32 Å². The molecule has 1 heterocycles. The molecule has 0 bridgehead atoms. The quantitative estimate of drug-likeness (QED) is 0.417. The van der Waals surface area contributed by atoms with Gasteiger partial charge in [0.2, 0.25) is 17.7 Å². The standard InChI is InChI=1S/C21H24N2O6/c1-12(23-19(26)15-5-3-4-6-16(15)20(23)27)18(25)22-17(21(28)29-2)11-13-7-9-14(24)10-8-13/h3-4,7-10,12,15-17,24H,5-6,11H2,1-2H3,(H,22,25)/t12-,15-,16+,17+/m1/s1. The number of hydrogen-bond acceptors (Lipinski definition) is 6. The van der Waals surface area contributed by atoms with E-state index < -0.39 is 35.8 Å². The van der Waals surface area contributed by atoms with Gasteiger partial charge < -0.3 is 15.2 Å². The van der Waals surface area contributed by atoms with E-state index in [0.29, 0.717) is 18.4 Å². The van der Waals surface area contributed by atoms with Gasteiger partial charge in [-0.2, -0.15) is 0 Å². The lowest BCUT2D eigenvalue weighted by atomic mass is 9.85. The molecule has 2 aliphatic rings. The van der Waals surface area contributed by atoms with Crippen LogP contribution in [0.1, 0.15) is 25.3 Å². The zero-order valence-electron chi connectivity index (χ0n) is 16.3. The fourth-order valence-electron chi connectivity index (χ4n) is 3.82. The lowest BCUT2D eigenvalue weighted by molar-refractivity contribution is -0.149. The first-order chi connectivity index (χ1) is 13.8. The number of phenols is 1. The summed E-state index contributed by atoms with van der Waals surface area (Å²) in [6.45, 7) is 1.48. The Morgan fingerprint density at radius 1 is 1.14 bits per heavy atom. The molecule has 1 aromatic carbocycles. The van der Waals surface area contributed by atoms with E-state index in [4.69, 9.17) is 4.74 Å². The van der Waals surface area contributed by atoms with Crippen LogP contribution in [0.15, 0.2) is 36.4 Å². The molecule has 4 atom stereocenters. The summed E-state index contributed by atoms with van der Waals surface area (Å²) in [5.41, 5.74) is 0.705. The second-order valence-corrected chi connectivity index (χ2v) is 7.33. The van der Waals surface area contributed by atoms with Crippen LogP contribution >= 0.6 is 0 Å². The molecule has 0 saturated carbocycles. The fourth-order valence-corrected chi connectivity index (χ4v) is 3.82. The minimum atomic E-state index is -1.03. The number of nitrogens with one attached hydrogen (secondary N) is 1. The van der Waals surface area contributed by atoms with Gasteiger partial charge in [-0.05, 0) is 37.5 Å². The first-order valence-electron chi connectivity index (χ1n) is 9.51. The van der Waals surface area contributed by atoms with Gasteiger partial charge in [-0.3, -0.25) is 19.3 Å². The van der Waals surface area contributed by atoms with E-state index >= 15 is 0 Å². The van der Waals surface area contributed by atoms with Crippen molar-refractivity contribution in [3.8, 4) is 5.75 Å². The summed E-state index contributed by atoms with van der Waals surface area (Å²) >= 11 is 0. The van der Waals surface area contributed by atoms with Crippen LogP contribution in [0.2, 0.25) is 0 Å². The number of ether oxygens (including phenoxy) is 1. The van der Waals surface area contributed by atoms with E-state index in [0.717, 1.165) is 4.90 Å². The summed E-state index contributed by atoms with van der Waals surface area (Å²) in [6, 6.07) is 4.19. The summed E-state index contributed by atoms with van der Waals surface area (Å²) in [6.07, 6.45) is 4.89. The third-order valence-corrected chi connectivity index (χ3v) is 5.49. The van der Waals surface area contributed by atoms with Crippen LogP contribution in [-0.4, -0.2) is 52.9 Å². The maximum Gasteiger partial charge on any atom is 0.328 e. The highest BCUT2D eigenvalue weighted by atomic mass is 16.5. The Bertz CT molecular complexity index is 821. The van der Waals surface area contributed by atoms with Crippen molar-refractivity contribution in [1.82, 2.24) is 10.2 Å². The van der Waals surface area contributed by atoms with Crippen LogP contribution in [0.5, 0.6) is 5.75 Å². The van der Waals surface area contributed by atoms with Crippen molar-refractivity contribution in [2.24, 2.45) is 11.8 Å². The summed E-state index contributed by atoms with van der Waals surface area (Å²) in [7, 11) is 1.22. The van der Waals surface area contributed by atoms with Gasteiger partial charge in [-0.1, -0.05) is 24.3 Å². The molecule has 0 radical (unpaired) electrons. The van der Waals surface area contributed by atoms with Gasteiger partial charge in [0.15, 0.2) is 0 Å². The number of carbonyl (C=O) groups is 4. The van der Waals surface area contributed by atoms with Gasteiger partial charge in [-0.25, -0.2) is 4.79 Å². The lowest BCUT2D eigenvalue weighted by Crippen LogP contribution is -2.53. The number of nitrogens with zero attached hydrogens (tertiary/aromatic N) is 1. The number of phenolic OH excluding ortho intramolecular Hbond substituents is 1. The Balaban J connectivity index is 1.71. The van der Waals surface area contributed by atoms with Crippen molar-refractivity contribution >= 4 is 23.7 Å². The van der Waals surface area contributed by atoms with E-state index in [9.17, 15) is 24.3 Å². The number of esters is 1. The van der Waals surface area contributed by atoms with Gasteiger partial charge in [0.1, 0.15) is 17.8 Å². The van der Waals surface area contributed by atoms with Crippen LogP contribution in [0.4, 0.5) is 0 Å². The summed E-state index contributed by atoms with van der Waals surface area (Å²) < 4.78 is 4.78. The Hall–Kier alpha value is -3.16. The molecule has 154 valence electrons. The van der Waals surface area contributed by atoms with Crippen LogP contribution in [-0.2, 0) is 30.3 Å². The van der Waals surface area contributed by atoms with Gasteiger partial charge in [0.05, 0.1) is 18.9 Å². The van der Waals surface area contributed by atoms with Gasteiger partial charge in [-0.15, -0.1) is 0 Å². The summed E-state index contributed by atoms with van der Waals surface area (Å²) in [5.74, 6) is -2.70. The maximum atomic E-state index is 12.8. The molecule has 8 nitrogen and oxygen atoms in total. The average molecular weight is 400 g/mol. The molecule has 0 aromatic heterocycles. The highest BCUT2D eigenvalue weighted by Gasteiger charge is 2.50. The summed E-state index contributed by atoms with van der Waals surface area (Å²) in [4.78, 5) is 51.3. The molecule has 29 heavy (non-hydrogen) atoms. The minimum Gasteiger partial charge on any atom is -0.508 e. The van der Waals surface area contributed by atoms with Gasteiger partial charge in [0, 0.05) is 6.42 Å². The molecular weight excluding hydrogens is 376 g/mol. The number of amides is 3. The van der Waals surface area contributed by atoms with Gasteiger partial charge >= 0.3 is 5.97 Å². The smallest absolute Gasteiger partial charge is 0.328 e. The number of likely N-dealkylation sites (tertiary alicyclic amines) is 1. The van der Waals surface area contributed by atoms with Crippen LogP contribution in [0.3, 0.4) is 0 Å². The highest BCUT2D eigenvalue weighted by molar-refractivity contribution is 6.08. The molecule has 1 fully saturated rings. The number of rotatable bonds is 6. The van der Waals surface area contributed by atoms with Crippen molar-refractivity contribution in [1.29, 1.82) is 0 Å². The van der Waals surface area contributed by atoms with E-state index in [1.165, 1.54) is 26.2 Å². The van der Waals surface area contributed by atoms with Crippen molar-refractivity contribution in [2.45, 2.75) is 38.3 Å². The highest BCUT2D eigenvalue weighted by Crippen LogP contribution is 2.36. The number of methoxy groups -OCH3 is 1. The molecule has 3 amide bonds. The Kier molecular flexibility index (Phi) is 6.00. The Labute approximate surface area is 168 Å². The van der Waals surface area contributed by atoms with Crippen LogP contribution in [0, 0.1) is 11.8 Å². The van der Waals surface area contributed by atoms with Crippen LogP contribution in [0.25, 0.3) is 0 Å². The number of hydrogen-bond donors (Lipinski definition) is 2. The third kappa shape index (κ3) is 4.16. The topological polar surface area (TPSA) is 113 Å². The molecule has 1 saturated heterocycles. The predicted octanol–water partition coefficient (Wildman–Crippen LogP) is 0.932. The van der Waals surface area contributed by atoms with Crippen molar-refractivity contribution in [2.75, 3.05) is 7.11 Å². The largest absolute Gasteiger partial charge is 0.508 e. The molecule has 3 rings (SSSR count). The number of imide groups is 1. The zero-order chi connectivity index (χ0) is 21.1. The molecule has 1 aromatic rings. The molecule has 1 aliphatic carbocycles. The van der Waals surface area contributed by atoms with E-state index in [-0.39, 0.29) is 24.0 Å². The number of fused-ring (bicyclic) bond motifs is 1. The fraction of sp³-hybridized carbons (Fsp3) is 0.429. The molecule has 2 N–H and O–H groups in total. The number of carbonyl (C=O) groups excluding carboxylic acids is 4. The SMILES string of the molecule is COC(=O)[C@H](Cc1ccc(O)cc1)NC(=O)[C@@H](C)N1C(=O)[C@H]2CC=CC[C@H]2C1=O. The van der Waals surface area contributed by atoms with E-state index in [1.54, 1.807) is 12.1 Å². The maximum absolute atomic E-state index is 12.8. The monoisotopic (exact) mass is 400 g/mol. The number of aromatic hydroxyl groups is 1. The third-order valence-electron chi connectivity index (χ3n) is 5.49. The molecule has 8 heteroatoms. The molecular formula is C21H24N2O6. The van der Waals surface area contributed by atoms with Gasteiger partial charge in [0.25, 0.3) is 0 Å². The lowest BCUT2D eigenvalue weighted by Gasteiger charge is -2.25. The Morgan fingerprint density at radius 2 is 1.69 bits per heavy atom. The molecule has 1 aliphatic heterocycles. The van der Waals surface area contributed by atoms with E-state index in [1.807, 2.05) is 12.2 Å². The summed E-state index contributed by atoms with van der Waals surface area (Å²) in [5, 5.41) is 12.0. The molecule has 0 spiro atoms. The Morgan fingerprint density at radius 3 is 2.21 bits per heavy atom. The van der Waals surface area contributed by atoms with Crippen molar-refractivity contribution in [3.63, 3.8) is 0 Å². The van der Waals surface area contributed by atoms with E-state index in [2.05, 4.69) is 5.32 Å². The average Bonchev–Trinajstić information content (AvgIpc) is 2.98. The first-order valence-corrected chi connectivity index (χ1v) is 9.51. The first kappa shape index (κ1) is 20.6. The molecule has 0 unspecified atom stereocenters. The predicted molar refractivity (Wildman–Crippen MR) is 102 cm³/mol. The van der Waals surface area contributed by atoms with Crippen molar-refractivity contribution in [3.05, 3.63) is 42.0 Å². The van der Waals surface area contributed by atoms with Crippen molar-refractivity contribution < 1.29 is 29.0 Å². The normalized spacial score (nSPS) is 22.8. The zero-order valence-corrected chi connectivity index (χ0v) is 16.3. The second-order valence-electron chi connectivity index (χ2n) is 7.33. The second kappa shape index (κ2) is 8.46. The minimum absolute atomic E-state index is 0.0861.